The maximum Gasteiger partial charge on any atom is 0.354 e. The van der Waals surface area contributed by atoms with E-state index in [1.54, 1.807) is 0 Å². The number of oxime groups is 1. The van der Waals surface area contributed by atoms with E-state index in [4.69, 9.17) is 10.8 Å². The van der Waals surface area contributed by atoms with Crippen molar-refractivity contribution in [2.24, 2.45) is 5.16 Å². The van der Waals surface area contributed by atoms with Crippen LogP contribution < -0.4 is 5.73 Å². The van der Waals surface area contributed by atoms with E-state index in [0.29, 0.717) is 6.21 Å². The number of pyridine rings is 1. The molecule has 1 aromatic rings. The van der Waals surface area contributed by atoms with Gasteiger partial charge in [0.25, 0.3) is 6.10 Å². The quantitative estimate of drug-likeness (QED) is 0.531. The molecule has 7 heteroatoms. The summed E-state index contributed by atoms with van der Waals surface area (Å²) in [5.74, 6) is -1.13. The molecule has 0 spiro atoms. The van der Waals surface area contributed by atoms with Crippen LogP contribution in [0.1, 0.15) is 11.8 Å². The van der Waals surface area contributed by atoms with Crippen LogP contribution in [0.4, 0.5) is 5.82 Å². The molecule has 0 saturated heterocycles. The third kappa shape index (κ3) is 3.05. The molecule has 16 heavy (non-hydrogen) atoms. The van der Waals surface area contributed by atoms with E-state index in [1.807, 2.05) is 0 Å². The topological polar surface area (TPSA) is 115 Å². The largest absolute Gasteiger partial charge is 0.478 e. The molecule has 0 saturated carbocycles. The van der Waals surface area contributed by atoms with Crippen LogP contribution in [0.25, 0.3) is 0 Å². The van der Waals surface area contributed by atoms with Crippen molar-refractivity contribution in [3.63, 3.8) is 0 Å². The van der Waals surface area contributed by atoms with Crippen LogP contribution in [0.2, 0.25) is 0 Å². The van der Waals surface area contributed by atoms with E-state index in [0.717, 1.165) is 0 Å². The van der Waals surface area contributed by atoms with Gasteiger partial charge in [-0.1, -0.05) is 11.2 Å². The Morgan fingerprint density at radius 2 is 2.44 bits per heavy atom. The fourth-order valence-corrected chi connectivity index (χ4v) is 0.953. The van der Waals surface area contributed by atoms with Crippen molar-refractivity contribution in [1.82, 2.24) is 4.98 Å². The zero-order valence-corrected chi connectivity index (χ0v) is 8.03. The number of carboxylic acids is 1. The van der Waals surface area contributed by atoms with Gasteiger partial charge in [-0.3, -0.25) is 4.79 Å². The van der Waals surface area contributed by atoms with Crippen molar-refractivity contribution in [3.8, 4) is 0 Å². The Labute approximate surface area is 90.5 Å². The Balaban J connectivity index is 2.89. The number of anilines is 1. The van der Waals surface area contributed by atoms with Crippen molar-refractivity contribution < 1.29 is 19.5 Å². The van der Waals surface area contributed by atoms with E-state index >= 15 is 0 Å². The third-order valence-corrected chi connectivity index (χ3v) is 1.56. The number of rotatable bonds is 5. The molecule has 1 radical (unpaired) electrons. The second kappa shape index (κ2) is 5.44. The number of hydrogen-bond donors (Lipinski definition) is 2. The molecule has 0 amide bonds. The lowest BCUT2D eigenvalue weighted by molar-refractivity contribution is -0.151. The zero-order chi connectivity index (χ0) is 12.0. The normalized spacial score (nSPS) is 12.2. The van der Waals surface area contributed by atoms with Crippen molar-refractivity contribution in [1.29, 1.82) is 0 Å². The number of aliphatic carboxylic acids is 1. The summed E-state index contributed by atoms with van der Waals surface area (Å²) in [5.41, 5.74) is 5.48. The summed E-state index contributed by atoms with van der Waals surface area (Å²) < 4.78 is 0. The first-order valence-electron chi connectivity index (χ1n) is 4.15. The van der Waals surface area contributed by atoms with Gasteiger partial charge in [-0.15, -0.1) is 0 Å². The van der Waals surface area contributed by atoms with Crippen LogP contribution in [-0.2, 0) is 14.4 Å². The SMILES string of the molecule is Nc1cccc(C(O/N=C/[C]=O)C(=O)O)n1. The minimum Gasteiger partial charge on any atom is -0.478 e. The first-order valence-corrected chi connectivity index (χ1v) is 4.15. The van der Waals surface area contributed by atoms with Crippen molar-refractivity contribution >= 4 is 24.3 Å². The molecule has 0 aliphatic heterocycles. The van der Waals surface area contributed by atoms with Crippen LogP contribution in [-0.4, -0.2) is 28.6 Å². The van der Waals surface area contributed by atoms with Crippen LogP contribution in [0, 0.1) is 0 Å². The van der Waals surface area contributed by atoms with Gasteiger partial charge in [0.05, 0.1) is 5.69 Å². The second-order valence-electron chi connectivity index (χ2n) is 2.66. The van der Waals surface area contributed by atoms with Gasteiger partial charge in [-0.05, 0) is 12.1 Å². The van der Waals surface area contributed by atoms with Gasteiger partial charge in [-0.25, -0.2) is 9.78 Å². The second-order valence-corrected chi connectivity index (χ2v) is 2.66. The summed E-state index contributed by atoms with van der Waals surface area (Å²) in [4.78, 5) is 29.0. The standard InChI is InChI=1S/C9H8N3O4/c10-7-3-1-2-6(12-7)8(9(14)15)16-11-4-5-13/h1-4,8H,(H2,10,12)(H,14,15)/b11-4+. The number of carbonyl (C=O) groups excluding carboxylic acids is 1. The Kier molecular flexibility index (Phi) is 3.96. The Bertz CT molecular complexity index is 419. The number of hydrogen-bond acceptors (Lipinski definition) is 6. The molecular formula is C9H8N3O4. The highest BCUT2D eigenvalue weighted by atomic mass is 16.6. The maximum atomic E-state index is 10.8. The number of carboxylic acid groups (broad SMARTS) is 1. The number of aromatic nitrogens is 1. The van der Waals surface area contributed by atoms with Crippen LogP contribution in [0.5, 0.6) is 0 Å². The highest BCUT2D eigenvalue weighted by Crippen LogP contribution is 2.16. The third-order valence-electron chi connectivity index (χ3n) is 1.56. The van der Waals surface area contributed by atoms with E-state index in [2.05, 4.69) is 15.0 Å². The molecular weight excluding hydrogens is 214 g/mol. The number of nitrogens with zero attached hydrogens (tertiary/aromatic N) is 2. The summed E-state index contributed by atoms with van der Waals surface area (Å²) in [6.07, 6.45) is 0.580. The van der Waals surface area contributed by atoms with Gasteiger partial charge in [0, 0.05) is 0 Å². The van der Waals surface area contributed by atoms with Crippen LogP contribution in [0.15, 0.2) is 23.4 Å². The molecule has 1 heterocycles. The molecule has 83 valence electrons. The number of nitrogen functional groups attached to an aromatic ring is 1. The Morgan fingerprint density at radius 3 is 3.00 bits per heavy atom. The molecule has 3 N–H and O–H groups in total. The fourth-order valence-electron chi connectivity index (χ4n) is 0.953. The van der Waals surface area contributed by atoms with E-state index in [9.17, 15) is 9.59 Å². The zero-order valence-electron chi connectivity index (χ0n) is 8.03. The highest BCUT2D eigenvalue weighted by Gasteiger charge is 2.23. The van der Waals surface area contributed by atoms with Gasteiger partial charge < -0.3 is 15.7 Å². The minimum atomic E-state index is -1.41. The van der Waals surface area contributed by atoms with Crippen LogP contribution in [0.3, 0.4) is 0 Å². The molecule has 0 aliphatic carbocycles. The van der Waals surface area contributed by atoms with Gasteiger partial charge in [0.1, 0.15) is 12.0 Å². The predicted octanol–water partition coefficient (Wildman–Crippen LogP) is -0.0984. The summed E-state index contributed by atoms with van der Waals surface area (Å²) in [7, 11) is 0. The van der Waals surface area contributed by atoms with Gasteiger partial charge >= 0.3 is 5.97 Å². The maximum absolute atomic E-state index is 10.8. The molecule has 0 aliphatic rings. The van der Waals surface area contributed by atoms with Crippen molar-refractivity contribution in [2.75, 3.05) is 5.73 Å². The number of nitrogens with two attached hydrogens (primary N) is 1. The first-order chi connectivity index (χ1) is 7.65. The summed E-state index contributed by atoms with van der Waals surface area (Å²) >= 11 is 0. The molecule has 1 aromatic heterocycles. The summed E-state index contributed by atoms with van der Waals surface area (Å²) in [6.45, 7) is 0. The van der Waals surface area contributed by atoms with Crippen molar-refractivity contribution in [3.05, 3.63) is 23.9 Å². The lowest BCUT2D eigenvalue weighted by Gasteiger charge is -2.09. The monoisotopic (exact) mass is 222 g/mol. The molecule has 0 bridgehead atoms. The first kappa shape index (κ1) is 11.6. The molecule has 1 rings (SSSR count). The van der Waals surface area contributed by atoms with E-state index in [1.165, 1.54) is 24.5 Å². The smallest absolute Gasteiger partial charge is 0.354 e. The van der Waals surface area contributed by atoms with Crippen LogP contribution >= 0.6 is 0 Å². The van der Waals surface area contributed by atoms with E-state index < -0.39 is 12.1 Å². The lowest BCUT2D eigenvalue weighted by Crippen LogP contribution is -2.15. The summed E-state index contributed by atoms with van der Waals surface area (Å²) in [6, 6.07) is 4.46. The number of carbonyl (C=O) groups is 1. The lowest BCUT2D eigenvalue weighted by atomic mass is 10.2. The van der Waals surface area contributed by atoms with Gasteiger partial charge in [0.2, 0.25) is 6.29 Å². The average Bonchev–Trinajstić information content (AvgIpc) is 2.24. The fraction of sp³-hybridized carbons (Fsp3) is 0.111. The molecule has 0 aromatic carbocycles. The predicted molar refractivity (Wildman–Crippen MR) is 54.3 cm³/mol. The highest BCUT2D eigenvalue weighted by molar-refractivity contribution is 6.13. The Morgan fingerprint density at radius 1 is 1.69 bits per heavy atom. The van der Waals surface area contributed by atoms with Gasteiger partial charge in [-0.2, -0.15) is 0 Å². The Hall–Kier alpha value is -2.44. The minimum absolute atomic E-state index is 0.0931. The molecule has 1 atom stereocenters. The molecule has 0 fully saturated rings. The van der Waals surface area contributed by atoms with Crippen molar-refractivity contribution in [2.45, 2.75) is 6.10 Å². The molecule has 7 nitrogen and oxygen atoms in total. The van der Waals surface area contributed by atoms with E-state index in [-0.39, 0.29) is 11.5 Å². The molecule has 1 unspecified atom stereocenters. The summed E-state index contributed by atoms with van der Waals surface area (Å²) in [5, 5.41) is 11.9. The average molecular weight is 222 g/mol. The van der Waals surface area contributed by atoms with Gasteiger partial charge in [0.15, 0.2) is 0 Å².